The molecule has 0 aliphatic heterocycles. The molecule has 2 aromatic rings. The van der Waals surface area contributed by atoms with Gasteiger partial charge in [-0.25, -0.2) is 0 Å². The van der Waals surface area contributed by atoms with Crippen LogP contribution in [0, 0.1) is 0 Å². The zero-order chi connectivity index (χ0) is 16.0. The van der Waals surface area contributed by atoms with E-state index in [1.165, 1.54) is 5.56 Å². The van der Waals surface area contributed by atoms with Crippen LogP contribution in [-0.4, -0.2) is 13.2 Å². The average Bonchev–Trinajstić information content (AvgIpc) is 2.51. The van der Waals surface area contributed by atoms with Crippen LogP contribution in [0.5, 0.6) is 11.5 Å². The molecule has 3 heteroatoms. The normalized spacial score (nSPS) is 11.3. The summed E-state index contributed by atoms with van der Waals surface area (Å²) in [5.74, 6) is 1.75. The molecule has 0 bridgehead atoms. The Balaban J connectivity index is 1.92. The molecule has 2 rings (SSSR count). The highest BCUT2D eigenvalue weighted by atomic mass is 16.5. The highest BCUT2D eigenvalue weighted by Crippen LogP contribution is 2.30. The fourth-order valence-corrected chi connectivity index (χ4v) is 2.33. The van der Waals surface area contributed by atoms with Crippen LogP contribution in [0.1, 0.15) is 31.9 Å². The van der Waals surface area contributed by atoms with Gasteiger partial charge in [-0.2, -0.15) is 0 Å². The van der Waals surface area contributed by atoms with Gasteiger partial charge in [0.25, 0.3) is 0 Å². The first-order valence-corrected chi connectivity index (χ1v) is 7.65. The van der Waals surface area contributed by atoms with Gasteiger partial charge in [-0.05, 0) is 23.1 Å². The van der Waals surface area contributed by atoms with Gasteiger partial charge >= 0.3 is 0 Å². The van der Waals surface area contributed by atoms with Crippen molar-refractivity contribution in [1.29, 1.82) is 0 Å². The molecule has 118 valence electrons. The molecule has 0 atom stereocenters. The summed E-state index contributed by atoms with van der Waals surface area (Å²) in [5, 5.41) is 0. The van der Waals surface area contributed by atoms with Gasteiger partial charge in [0.05, 0.1) is 0 Å². The van der Waals surface area contributed by atoms with Crippen molar-refractivity contribution < 1.29 is 9.47 Å². The molecule has 0 spiro atoms. The maximum atomic E-state index is 5.90. The molecule has 2 N–H and O–H groups in total. The Morgan fingerprint density at radius 2 is 1.36 bits per heavy atom. The third-order valence-electron chi connectivity index (χ3n) is 3.49. The van der Waals surface area contributed by atoms with Gasteiger partial charge < -0.3 is 15.2 Å². The average molecular weight is 299 g/mol. The minimum Gasteiger partial charge on any atom is -0.490 e. The first-order valence-electron chi connectivity index (χ1n) is 7.65. The van der Waals surface area contributed by atoms with Crippen LogP contribution in [0.15, 0.2) is 48.5 Å². The molecule has 2 aromatic carbocycles. The molecule has 22 heavy (non-hydrogen) atoms. The smallest absolute Gasteiger partial charge is 0.123 e. The van der Waals surface area contributed by atoms with E-state index in [0.717, 1.165) is 17.1 Å². The Labute approximate surface area is 133 Å². The van der Waals surface area contributed by atoms with Gasteiger partial charge in [0.2, 0.25) is 0 Å². The van der Waals surface area contributed by atoms with Crippen molar-refractivity contribution in [2.24, 2.45) is 5.73 Å². The van der Waals surface area contributed by atoms with Gasteiger partial charge in [0, 0.05) is 12.1 Å². The lowest BCUT2D eigenvalue weighted by Gasteiger charge is -2.22. The predicted molar refractivity (Wildman–Crippen MR) is 90.5 cm³/mol. The van der Waals surface area contributed by atoms with E-state index < -0.39 is 0 Å². The number of nitrogens with two attached hydrogens (primary N) is 1. The van der Waals surface area contributed by atoms with Gasteiger partial charge in [0.1, 0.15) is 24.7 Å². The van der Waals surface area contributed by atoms with Crippen molar-refractivity contribution in [3.63, 3.8) is 0 Å². The number of benzene rings is 2. The Hall–Kier alpha value is -2.00. The van der Waals surface area contributed by atoms with Crippen LogP contribution >= 0.6 is 0 Å². The lowest BCUT2D eigenvalue weighted by molar-refractivity contribution is 0.213. The zero-order valence-electron chi connectivity index (χ0n) is 13.6. The van der Waals surface area contributed by atoms with E-state index in [4.69, 9.17) is 15.2 Å². The molecular weight excluding hydrogens is 274 g/mol. The van der Waals surface area contributed by atoms with Crippen LogP contribution in [0.25, 0.3) is 0 Å². The van der Waals surface area contributed by atoms with Crippen LogP contribution in [0.2, 0.25) is 0 Å². The quantitative estimate of drug-likeness (QED) is 0.823. The first-order chi connectivity index (χ1) is 10.5. The highest BCUT2D eigenvalue weighted by molar-refractivity contribution is 5.38. The number of para-hydroxylation sites is 2. The summed E-state index contributed by atoms with van der Waals surface area (Å²) in [6, 6.07) is 16.0. The van der Waals surface area contributed by atoms with Crippen molar-refractivity contribution >= 4 is 0 Å². The van der Waals surface area contributed by atoms with Crippen molar-refractivity contribution in [3.05, 3.63) is 59.7 Å². The molecule has 0 radical (unpaired) electrons. The Kier molecular flexibility index (Phi) is 5.45. The first kappa shape index (κ1) is 16.4. The molecule has 0 aromatic heterocycles. The third kappa shape index (κ3) is 4.25. The number of hydrogen-bond acceptors (Lipinski definition) is 3. The second-order valence-corrected chi connectivity index (χ2v) is 6.25. The SMILES string of the molecule is CC(C)(C)c1ccccc1OCCOc1ccccc1CN. The second kappa shape index (κ2) is 7.32. The largest absolute Gasteiger partial charge is 0.490 e. The maximum Gasteiger partial charge on any atom is 0.123 e. The van der Waals surface area contributed by atoms with E-state index >= 15 is 0 Å². The van der Waals surface area contributed by atoms with Crippen LogP contribution in [0.3, 0.4) is 0 Å². The topological polar surface area (TPSA) is 44.5 Å². The monoisotopic (exact) mass is 299 g/mol. The van der Waals surface area contributed by atoms with Crippen molar-refractivity contribution in [3.8, 4) is 11.5 Å². The van der Waals surface area contributed by atoms with Crippen molar-refractivity contribution in [2.75, 3.05) is 13.2 Å². The molecule has 0 saturated carbocycles. The van der Waals surface area contributed by atoms with E-state index in [9.17, 15) is 0 Å². The molecule has 0 saturated heterocycles. The number of hydrogen-bond donors (Lipinski definition) is 1. The summed E-state index contributed by atoms with van der Waals surface area (Å²) in [5.41, 5.74) is 7.98. The fraction of sp³-hybridized carbons (Fsp3) is 0.368. The van der Waals surface area contributed by atoms with Gasteiger partial charge in [0.15, 0.2) is 0 Å². The van der Waals surface area contributed by atoms with Crippen LogP contribution in [-0.2, 0) is 12.0 Å². The van der Waals surface area contributed by atoms with E-state index in [0.29, 0.717) is 19.8 Å². The minimum absolute atomic E-state index is 0.0591. The summed E-state index contributed by atoms with van der Waals surface area (Å²) in [4.78, 5) is 0. The summed E-state index contributed by atoms with van der Waals surface area (Å²) < 4.78 is 11.7. The third-order valence-corrected chi connectivity index (χ3v) is 3.49. The summed E-state index contributed by atoms with van der Waals surface area (Å²) in [7, 11) is 0. The molecule has 0 unspecified atom stereocenters. The second-order valence-electron chi connectivity index (χ2n) is 6.25. The van der Waals surface area contributed by atoms with Gasteiger partial charge in [-0.15, -0.1) is 0 Å². The highest BCUT2D eigenvalue weighted by Gasteiger charge is 2.18. The number of ether oxygens (including phenoxy) is 2. The molecule has 0 amide bonds. The maximum absolute atomic E-state index is 5.90. The molecular formula is C19H25NO2. The minimum atomic E-state index is 0.0591. The molecule has 0 aliphatic rings. The predicted octanol–water partition coefficient (Wildman–Crippen LogP) is 3.90. The van der Waals surface area contributed by atoms with E-state index in [2.05, 4.69) is 26.8 Å². The lowest BCUT2D eigenvalue weighted by Crippen LogP contribution is -2.16. The summed E-state index contributed by atoms with van der Waals surface area (Å²) in [6.07, 6.45) is 0. The van der Waals surface area contributed by atoms with E-state index in [1.807, 2.05) is 42.5 Å². The van der Waals surface area contributed by atoms with E-state index in [-0.39, 0.29) is 5.41 Å². The molecule has 0 heterocycles. The zero-order valence-corrected chi connectivity index (χ0v) is 13.6. The molecule has 0 fully saturated rings. The van der Waals surface area contributed by atoms with Gasteiger partial charge in [-0.1, -0.05) is 57.2 Å². The summed E-state index contributed by atoms with van der Waals surface area (Å²) >= 11 is 0. The van der Waals surface area contributed by atoms with Crippen LogP contribution in [0.4, 0.5) is 0 Å². The van der Waals surface area contributed by atoms with Crippen molar-refractivity contribution in [2.45, 2.75) is 32.7 Å². The van der Waals surface area contributed by atoms with Gasteiger partial charge in [-0.3, -0.25) is 0 Å². The summed E-state index contributed by atoms with van der Waals surface area (Å²) in [6.45, 7) is 8.03. The Morgan fingerprint density at radius 1 is 0.818 bits per heavy atom. The molecule has 0 aliphatic carbocycles. The van der Waals surface area contributed by atoms with E-state index in [1.54, 1.807) is 0 Å². The Bertz CT molecular complexity index is 602. The Morgan fingerprint density at radius 3 is 2.00 bits per heavy atom. The number of rotatable bonds is 6. The standard InChI is InChI=1S/C19H25NO2/c1-19(2,3)16-9-5-7-11-18(16)22-13-12-21-17-10-6-4-8-15(17)14-20/h4-11H,12-14,20H2,1-3H3. The fourth-order valence-electron chi connectivity index (χ4n) is 2.33. The lowest BCUT2D eigenvalue weighted by atomic mass is 9.86. The van der Waals surface area contributed by atoms with Crippen molar-refractivity contribution in [1.82, 2.24) is 0 Å². The molecule has 3 nitrogen and oxygen atoms in total. The van der Waals surface area contributed by atoms with Crippen LogP contribution < -0.4 is 15.2 Å².